The fraction of sp³-hybridized carbons (Fsp3) is 0.316. The van der Waals surface area contributed by atoms with Crippen LogP contribution in [-0.4, -0.2) is 23.5 Å². The average molecular weight is 347 g/mol. The molecule has 3 rings (SSSR count). The molecule has 0 spiro atoms. The quantitative estimate of drug-likeness (QED) is 0.845. The van der Waals surface area contributed by atoms with Crippen molar-refractivity contribution in [3.05, 3.63) is 70.5 Å². The van der Waals surface area contributed by atoms with Crippen molar-refractivity contribution in [3.8, 4) is 0 Å². The number of urea groups is 1. The second-order valence-corrected chi connectivity index (χ2v) is 6.53. The first-order valence-electron chi connectivity index (χ1n) is 8.12. The molecule has 2 amide bonds. The van der Waals surface area contributed by atoms with Crippen molar-refractivity contribution in [2.24, 2.45) is 0 Å². The van der Waals surface area contributed by atoms with E-state index in [4.69, 9.17) is 11.6 Å². The summed E-state index contributed by atoms with van der Waals surface area (Å²) in [7, 11) is 0. The van der Waals surface area contributed by atoms with Gasteiger partial charge in [0.1, 0.15) is 5.82 Å². The van der Waals surface area contributed by atoms with Crippen molar-refractivity contribution in [2.75, 3.05) is 6.54 Å². The highest BCUT2D eigenvalue weighted by Crippen LogP contribution is 2.41. The van der Waals surface area contributed by atoms with Crippen LogP contribution in [-0.2, 0) is 6.54 Å². The number of rotatable bonds is 5. The first-order valence-corrected chi connectivity index (χ1v) is 8.50. The number of nitrogens with one attached hydrogen (secondary N) is 1. The van der Waals surface area contributed by atoms with Gasteiger partial charge in [-0.1, -0.05) is 35.9 Å². The summed E-state index contributed by atoms with van der Waals surface area (Å²) in [6, 6.07) is 14.1. The van der Waals surface area contributed by atoms with E-state index in [1.807, 2.05) is 31.2 Å². The lowest BCUT2D eigenvalue weighted by Crippen LogP contribution is -2.40. The van der Waals surface area contributed by atoms with Crippen LogP contribution in [0.3, 0.4) is 0 Å². The van der Waals surface area contributed by atoms with Crippen molar-refractivity contribution in [1.82, 2.24) is 10.2 Å². The van der Waals surface area contributed by atoms with Crippen LogP contribution in [0.15, 0.2) is 48.5 Å². The van der Waals surface area contributed by atoms with Crippen molar-refractivity contribution < 1.29 is 9.18 Å². The predicted octanol–water partition coefficient (Wildman–Crippen LogP) is 4.57. The van der Waals surface area contributed by atoms with Gasteiger partial charge in [0, 0.05) is 30.1 Å². The van der Waals surface area contributed by atoms with Gasteiger partial charge < -0.3 is 10.2 Å². The maximum Gasteiger partial charge on any atom is 0.317 e. The third-order valence-electron chi connectivity index (χ3n) is 4.35. The summed E-state index contributed by atoms with van der Waals surface area (Å²) in [5.41, 5.74) is 2.12. The molecule has 0 saturated heterocycles. The number of carbonyl (C=O) groups excluding carboxylic acids is 1. The molecule has 1 aliphatic rings. The van der Waals surface area contributed by atoms with Gasteiger partial charge in [0.15, 0.2) is 0 Å². The van der Waals surface area contributed by atoms with E-state index >= 15 is 0 Å². The maximum atomic E-state index is 13.0. The number of hydrogen-bond donors (Lipinski definition) is 1. The Morgan fingerprint density at radius 3 is 2.50 bits per heavy atom. The van der Waals surface area contributed by atoms with E-state index < -0.39 is 0 Å². The van der Waals surface area contributed by atoms with E-state index in [2.05, 4.69) is 5.32 Å². The fourth-order valence-electron chi connectivity index (χ4n) is 2.82. The minimum absolute atomic E-state index is 0.0803. The zero-order valence-corrected chi connectivity index (χ0v) is 14.3. The summed E-state index contributed by atoms with van der Waals surface area (Å²) in [6.07, 6.45) is 0.946. The Kier molecular flexibility index (Phi) is 5.05. The van der Waals surface area contributed by atoms with E-state index in [1.54, 1.807) is 17.0 Å². The largest absolute Gasteiger partial charge is 0.335 e. The van der Waals surface area contributed by atoms with Gasteiger partial charge in [-0.3, -0.25) is 0 Å². The lowest BCUT2D eigenvalue weighted by Gasteiger charge is -2.21. The minimum atomic E-state index is -0.268. The molecular weight excluding hydrogens is 327 g/mol. The summed E-state index contributed by atoms with van der Waals surface area (Å²) >= 11 is 5.90. The Bertz CT molecular complexity index is 702. The van der Waals surface area contributed by atoms with Crippen LogP contribution >= 0.6 is 11.6 Å². The third-order valence-corrected chi connectivity index (χ3v) is 4.61. The zero-order chi connectivity index (χ0) is 17.1. The Hall–Kier alpha value is -2.07. The number of halogens is 2. The van der Waals surface area contributed by atoms with Gasteiger partial charge in [-0.25, -0.2) is 9.18 Å². The Morgan fingerprint density at radius 1 is 1.21 bits per heavy atom. The lowest BCUT2D eigenvalue weighted by atomic mass is 10.1. The molecular formula is C19H20ClFN2O. The molecule has 1 N–H and O–H groups in total. The maximum absolute atomic E-state index is 13.0. The minimum Gasteiger partial charge on any atom is -0.335 e. The van der Waals surface area contributed by atoms with E-state index in [9.17, 15) is 9.18 Å². The molecule has 2 aromatic carbocycles. The van der Waals surface area contributed by atoms with Crippen molar-refractivity contribution in [1.29, 1.82) is 0 Å². The first-order chi connectivity index (χ1) is 11.6. The Balaban J connectivity index is 1.55. The molecule has 2 aromatic rings. The summed E-state index contributed by atoms with van der Waals surface area (Å²) in [6.45, 7) is 3.01. The van der Waals surface area contributed by atoms with Gasteiger partial charge in [-0.15, -0.1) is 0 Å². The van der Waals surface area contributed by atoms with E-state index in [0.717, 1.165) is 17.0 Å². The van der Waals surface area contributed by atoms with Crippen LogP contribution in [0.4, 0.5) is 9.18 Å². The Morgan fingerprint density at radius 2 is 1.88 bits per heavy atom. The molecule has 0 aliphatic heterocycles. The number of nitrogens with zero attached hydrogens (tertiary/aromatic N) is 1. The summed E-state index contributed by atoms with van der Waals surface area (Å²) in [4.78, 5) is 14.2. The second-order valence-electron chi connectivity index (χ2n) is 6.09. The molecule has 0 bridgehead atoms. The highest BCUT2D eigenvalue weighted by molar-refractivity contribution is 6.30. The van der Waals surface area contributed by atoms with E-state index in [0.29, 0.717) is 19.0 Å². The van der Waals surface area contributed by atoms with Gasteiger partial charge in [0.2, 0.25) is 0 Å². The summed E-state index contributed by atoms with van der Waals surface area (Å²) < 4.78 is 13.0. The van der Waals surface area contributed by atoms with Crippen LogP contribution in [0.2, 0.25) is 5.02 Å². The van der Waals surface area contributed by atoms with Gasteiger partial charge in [-0.05, 0) is 48.7 Å². The molecule has 24 heavy (non-hydrogen) atoms. The van der Waals surface area contributed by atoms with E-state index in [-0.39, 0.29) is 17.9 Å². The van der Waals surface area contributed by atoms with Gasteiger partial charge in [0.25, 0.3) is 0 Å². The summed E-state index contributed by atoms with van der Waals surface area (Å²) in [5.74, 6) is 0.0887. The predicted molar refractivity (Wildman–Crippen MR) is 93.6 cm³/mol. The fourth-order valence-corrected chi connectivity index (χ4v) is 2.95. The number of hydrogen-bond acceptors (Lipinski definition) is 1. The number of carbonyl (C=O) groups is 1. The van der Waals surface area contributed by atoms with Crippen molar-refractivity contribution >= 4 is 17.6 Å². The van der Waals surface area contributed by atoms with Gasteiger partial charge in [0.05, 0.1) is 0 Å². The molecule has 0 heterocycles. The smallest absolute Gasteiger partial charge is 0.317 e. The third kappa shape index (κ3) is 4.06. The lowest BCUT2D eigenvalue weighted by molar-refractivity contribution is 0.197. The normalized spacial score (nSPS) is 19.0. The topological polar surface area (TPSA) is 32.3 Å². The highest BCUT2D eigenvalue weighted by Gasteiger charge is 2.40. The monoisotopic (exact) mass is 346 g/mol. The molecule has 1 aliphatic carbocycles. The molecule has 5 heteroatoms. The molecule has 1 saturated carbocycles. The van der Waals surface area contributed by atoms with Crippen LogP contribution in [0.5, 0.6) is 0 Å². The Labute approximate surface area is 146 Å². The van der Waals surface area contributed by atoms with Crippen LogP contribution in [0, 0.1) is 5.82 Å². The molecule has 1 fully saturated rings. The van der Waals surface area contributed by atoms with Crippen LogP contribution < -0.4 is 5.32 Å². The second kappa shape index (κ2) is 7.22. The molecule has 2 atom stereocenters. The highest BCUT2D eigenvalue weighted by atomic mass is 35.5. The SMILES string of the molecule is CCN(Cc1ccc(F)cc1)C(=O)N[C@@H]1C[C@H]1c1ccc(Cl)cc1. The molecule has 3 nitrogen and oxygen atoms in total. The molecule has 126 valence electrons. The van der Waals surface area contributed by atoms with Gasteiger partial charge >= 0.3 is 6.03 Å². The number of amides is 2. The van der Waals surface area contributed by atoms with Gasteiger partial charge in [-0.2, -0.15) is 0 Å². The molecule has 0 aromatic heterocycles. The van der Waals surface area contributed by atoms with Crippen LogP contribution in [0.1, 0.15) is 30.4 Å². The van der Waals surface area contributed by atoms with E-state index in [1.165, 1.54) is 17.7 Å². The number of benzene rings is 2. The zero-order valence-electron chi connectivity index (χ0n) is 13.5. The van der Waals surface area contributed by atoms with Crippen molar-refractivity contribution in [3.63, 3.8) is 0 Å². The standard InChI is InChI=1S/C19H20ClFN2O/c1-2-23(12-13-3-9-16(21)10-4-13)19(24)22-18-11-17(18)14-5-7-15(20)8-6-14/h3-10,17-18H,2,11-12H2,1H3,(H,22,24)/t17-,18+/m0/s1. The molecule has 0 unspecified atom stereocenters. The first kappa shape index (κ1) is 16.8. The van der Waals surface area contributed by atoms with Crippen molar-refractivity contribution in [2.45, 2.75) is 31.8 Å². The molecule has 0 radical (unpaired) electrons. The summed E-state index contributed by atoms with van der Waals surface area (Å²) in [5, 5.41) is 3.80. The average Bonchev–Trinajstić information content (AvgIpc) is 3.34. The van der Waals surface area contributed by atoms with Crippen LogP contribution in [0.25, 0.3) is 0 Å².